The number of aromatic nitrogens is 2. The maximum Gasteiger partial charge on any atom is 0.239 e. The number of nitrogens with one attached hydrogen (secondary N) is 2. The third kappa shape index (κ3) is 4.24. The van der Waals surface area contributed by atoms with E-state index in [1.54, 1.807) is 6.20 Å². The van der Waals surface area contributed by atoms with Gasteiger partial charge in [0.15, 0.2) is 0 Å². The second-order valence-electron chi connectivity index (χ2n) is 2.92. The largest absolute Gasteiger partial charge is 0.360 e. The molecule has 0 aliphatic rings. The second kappa shape index (κ2) is 6.34. The summed E-state index contributed by atoms with van der Waals surface area (Å²) in [4.78, 5) is 19.1. The Balaban J connectivity index is 2.37. The Morgan fingerprint density at radius 3 is 3.07 bits per heavy atom. The van der Waals surface area contributed by atoms with Gasteiger partial charge in [-0.25, -0.2) is 9.97 Å². The van der Waals surface area contributed by atoms with Crippen LogP contribution in [0.1, 0.15) is 13.3 Å². The first kappa shape index (κ1) is 11.9. The van der Waals surface area contributed by atoms with Crippen LogP contribution in [0.4, 0.5) is 5.82 Å². The Hall–Kier alpha value is -1.17. The van der Waals surface area contributed by atoms with E-state index in [9.17, 15) is 4.79 Å². The van der Waals surface area contributed by atoms with Crippen LogP contribution >= 0.6 is 15.9 Å². The molecule has 1 aromatic rings. The Morgan fingerprint density at radius 2 is 2.40 bits per heavy atom. The van der Waals surface area contributed by atoms with Crippen molar-refractivity contribution in [2.75, 3.05) is 18.4 Å². The van der Waals surface area contributed by atoms with Gasteiger partial charge in [-0.3, -0.25) is 4.79 Å². The number of nitrogens with zero attached hydrogens (tertiary/aromatic N) is 2. The number of amides is 1. The summed E-state index contributed by atoms with van der Waals surface area (Å²) in [5.41, 5.74) is 0. The van der Waals surface area contributed by atoms with E-state index in [-0.39, 0.29) is 12.5 Å². The fourth-order valence-corrected chi connectivity index (χ4v) is 1.29. The number of hydrogen-bond donors (Lipinski definition) is 2. The van der Waals surface area contributed by atoms with E-state index < -0.39 is 0 Å². The maximum atomic E-state index is 11.3. The second-order valence-corrected chi connectivity index (χ2v) is 3.78. The number of anilines is 1. The van der Waals surface area contributed by atoms with Crippen molar-refractivity contribution in [1.82, 2.24) is 15.3 Å². The van der Waals surface area contributed by atoms with E-state index in [2.05, 4.69) is 36.5 Å². The molecule has 0 spiro atoms. The normalized spacial score (nSPS) is 9.73. The van der Waals surface area contributed by atoms with Gasteiger partial charge in [0.2, 0.25) is 5.91 Å². The van der Waals surface area contributed by atoms with Gasteiger partial charge in [0.05, 0.1) is 11.0 Å². The molecule has 82 valence electrons. The van der Waals surface area contributed by atoms with Gasteiger partial charge >= 0.3 is 0 Å². The van der Waals surface area contributed by atoms with E-state index in [0.717, 1.165) is 10.9 Å². The van der Waals surface area contributed by atoms with E-state index in [0.29, 0.717) is 12.4 Å². The molecule has 0 fully saturated rings. The Labute approximate surface area is 96.8 Å². The van der Waals surface area contributed by atoms with Crippen molar-refractivity contribution in [3.8, 4) is 0 Å². The van der Waals surface area contributed by atoms with Gasteiger partial charge < -0.3 is 10.6 Å². The lowest BCUT2D eigenvalue weighted by Gasteiger charge is -2.06. The summed E-state index contributed by atoms with van der Waals surface area (Å²) in [5, 5.41) is 5.67. The standard InChI is InChI=1S/C9H13BrN4O/c1-2-3-12-8(15)5-13-9-7(10)4-11-6-14-9/h4,6H,2-3,5H2,1H3,(H,12,15)(H,11,13,14). The fourth-order valence-electron chi connectivity index (χ4n) is 0.934. The Bertz CT molecular complexity index is 332. The summed E-state index contributed by atoms with van der Waals surface area (Å²) in [7, 11) is 0. The quantitative estimate of drug-likeness (QED) is 0.845. The lowest BCUT2D eigenvalue weighted by molar-refractivity contribution is -0.119. The van der Waals surface area contributed by atoms with E-state index in [4.69, 9.17) is 0 Å². The van der Waals surface area contributed by atoms with Crippen LogP contribution in [0, 0.1) is 0 Å². The molecule has 0 aliphatic heterocycles. The van der Waals surface area contributed by atoms with Crippen molar-refractivity contribution in [1.29, 1.82) is 0 Å². The van der Waals surface area contributed by atoms with E-state index in [1.807, 2.05) is 6.92 Å². The van der Waals surface area contributed by atoms with Gasteiger partial charge in [-0.15, -0.1) is 0 Å². The highest BCUT2D eigenvalue weighted by molar-refractivity contribution is 9.10. The lowest BCUT2D eigenvalue weighted by Crippen LogP contribution is -2.30. The monoisotopic (exact) mass is 272 g/mol. The minimum absolute atomic E-state index is 0.0395. The molecular weight excluding hydrogens is 260 g/mol. The van der Waals surface area contributed by atoms with Gasteiger partial charge in [-0.1, -0.05) is 6.92 Å². The first-order valence-electron chi connectivity index (χ1n) is 4.70. The minimum Gasteiger partial charge on any atom is -0.360 e. The summed E-state index contributed by atoms with van der Waals surface area (Å²) in [6, 6.07) is 0. The molecule has 1 amide bonds. The first-order chi connectivity index (χ1) is 7.24. The zero-order chi connectivity index (χ0) is 11.1. The van der Waals surface area contributed by atoms with Crippen LogP contribution < -0.4 is 10.6 Å². The topological polar surface area (TPSA) is 66.9 Å². The third-order valence-corrected chi connectivity index (χ3v) is 2.24. The molecule has 0 radical (unpaired) electrons. The van der Waals surface area contributed by atoms with E-state index in [1.165, 1.54) is 6.33 Å². The molecule has 0 bridgehead atoms. The molecule has 0 aromatic carbocycles. The SMILES string of the molecule is CCCNC(=O)CNc1ncncc1Br. The number of hydrogen-bond acceptors (Lipinski definition) is 4. The predicted octanol–water partition coefficient (Wildman–Crippen LogP) is 1.18. The molecule has 0 aliphatic carbocycles. The van der Waals surface area contributed by atoms with Gasteiger partial charge in [0, 0.05) is 12.7 Å². The molecular formula is C9H13BrN4O. The van der Waals surface area contributed by atoms with Crippen molar-refractivity contribution in [2.45, 2.75) is 13.3 Å². The smallest absolute Gasteiger partial charge is 0.239 e. The van der Waals surface area contributed by atoms with Crippen molar-refractivity contribution >= 4 is 27.7 Å². The molecule has 2 N–H and O–H groups in total. The molecule has 0 unspecified atom stereocenters. The number of rotatable bonds is 5. The Kier molecular flexibility index (Phi) is 5.03. The number of halogens is 1. The number of carbonyl (C=O) groups is 1. The van der Waals surface area contributed by atoms with Crippen LogP contribution in [0.15, 0.2) is 17.0 Å². The van der Waals surface area contributed by atoms with Gasteiger partial charge in [0.1, 0.15) is 12.1 Å². The average molecular weight is 273 g/mol. The van der Waals surface area contributed by atoms with E-state index >= 15 is 0 Å². The highest BCUT2D eigenvalue weighted by Crippen LogP contribution is 2.16. The van der Waals surface area contributed by atoms with Crippen molar-refractivity contribution in [3.05, 3.63) is 17.0 Å². The molecule has 0 saturated carbocycles. The molecule has 0 atom stereocenters. The van der Waals surface area contributed by atoms with Crippen LogP contribution in [0.5, 0.6) is 0 Å². The molecule has 1 rings (SSSR count). The highest BCUT2D eigenvalue weighted by Gasteiger charge is 2.03. The van der Waals surface area contributed by atoms with Crippen LogP contribution in [0.25, 0.3) is 0 Å². The zero-order valence-corrected chi connectivity index (χ0v) is 10.0. The number of carbonyl (C=O) groups excluding carboxylic acids is 1. The molecule has 6 heteroatoms. The highest BCUT2D eigenvalue weighted by atomic mass is 79.9. The summed E-state index contributed by atoms with van der Waals surface area (Å²) >= 11 is 3.28. The zero-order valence-electron chi connectivity index (χ0n) is 8.46. The van der Waals surface area contributed by atoms with Gasteiger partial charge in [-0.2, -0.15) is 0 Å². The minimum atomic E-state index is -0.0395. The maximum absolute atomic E-state index is 11.3. The molecule has 5 nitrogen and oxygen atoms in total. The van der Waals surface area contributed by atoms with Crippen LogP contribution in [0.3, 0.4) is 0 Å². The first-order valence-corrected chi connectivity index (χ1v) is 5.49. The van der Waals surface area contributed by atoms with Crippen molar-refractivity contribution in [3.63, 3.8) is 0 Å². The van der Waals surface area contributed by atoms with Crippen molar-refractivity contribution < 1.29 is 4.79 Å². The van der Waals surface area contributed by atoms with Crippen LogP contribution in [-0.4, -0.2) is 29.0 Å². The molecule has 1 heterocycles. The van der Waals surface area contributed by atoms with Crippen LogP contribution in [-0.2, 0) is 4.79 Å². The van der Waals surface area contributed by atoms with Gasteiger partial charge in [0.25, 0.3) is 0 Å². The summed E-state index contributed by atoms with van der Waals surface area (Å²) < 4.78 is 0.744. The fraction of sp³-hybridized carbons (Fsp3) is 0.444. The summed E-state index contributed by atoms with van der Waals surface area (Å²) in [6.45, 7) is 2.93. The predicted molar refractivity (Wildman–Crippen MR) is 61.5 cm³/mol. The van der Waals surface area contributed by atoms with Gasteiger partial charge in [-0.05, 0) is 22.4 Å². The average Bonchev–Trinajstić information content (AvgIpc) is 2.25. The molecule has 15 heavy (non-hydrogen) atoms. The van der Waals surface area contributed by atoms with Crippen LogP contribution in [0.2, 0.25) is 0 Å². The summed E-state index contributed by atoms with van der Waals surface area (Å²) in [5.74, 6) is 0.582. The molecule has 1 aromatic heterocycles. The van der Waals surface area contributed by atoms with Crippen molar-refractivity contribution in [2.24, 2.45) is 0 Å². The lowest BCUT2D eigenvalue weighted by atomic mass is 10.4. The third-order valence-electron chi connectivity index (χ3n) is 1.66. The molecule has 0 saturated heterocycles. The Morgan fingerprint density at radius 1 is 1.60 bits per heavy atom. The summed E-state index contributed by atoms with van der Waals surface area (Å²) in [6.07, 6.45) is 3.99.